The van der Waals surface area contributed by atoms with E-state index in [9.17, 15) is 8.78 Å². The normalized spacial score (nSPS) is 9.80. The zero-order valence-corrected chi connectivity index (χ0v) is 11.2. The van der Waals surface area contributed by atoms with Gasteiger partial charge in [0.25, 0.3) is 0 Å². The topological polar surface area (TPSA) is 29.3 Å². The maximum atomic E-state index is 13.3. The molecule has 0 bridgehead atoms. The number of anilines is 2. The summed E-state index contributed by atoms with van der Waals surface area (Å²) in [6.07, 6.45) is 0. The van der Waals surface area contributed by atoms with Crippen molar-refractivity contribution < 1.29 is 8.78 Å². The average Bonchev–Trinajstić information content (AvgIpc) is 2.39. The van der Waals surface area contributed by atoms with Crippen molar-refractivity contribution in [2.45, 2.75) is 0 Å². The highest BCUT2D eigenvalue weighted by Crippen LogP contribution is 2.19. The number of hydrogen-bond donors (Lipinski definition) is 1. The molecular formula is C16H14F2N2. The first-order chi connectivity index (χ1) is 9.47. The van der Waals surface area contributed by atoms with Crippen LogP contribution in [0.3, 0.4) is 0 Å². The predicted molar refractivity (Wildman–Crippen MR) is 77.5 cm³/mol. The van der Waals surface area contributed by atoms with Crippen molar-refractivity contribution in [3.8, 4) is 11.8 Å². The molecule has 20 heavy (non-hydrogen) atoms. The summed E-state index contributed by atoms with van der Waals surface area (Å²) in [7, 11) is 3.68. The molecule has 0 aromatic heterocycles. The molecule has 2 aromatic rings. The Bertz CT molecular complexity index is 697. The molecule has 0 unspecified atom stereocenters. The van der Waals surface area contributed by atoms with Crippen molar-refractivity contribution in [1.82, 2.24) is 0 Å². The zero-order valence-electron chi connectivity index (χ0n) is 11.2. The summed E-state index contributed by atoms with van der Waals surface area (Å²) in [6, 6.07) is 8.35. The molecule has 0 aliphatic carbocycles. The molecule has 2 aromatic carbocycles. The van der Waals surface area contributed by atoms with Crippen LogP contribution in [0.2, 0.25) is 0 Å². The summed E-state index contributed by atoms with van der Waals surface area (Å²) >= 11 is 0. The number of halogens is 2. The second kappa shape index (κ2) is 5.62. The van der Waals surface area contributed by atoms with Gasteiger partial charge in [-0.05, 0) is 36.4 Å². The van der Waals surface area contributed by atoms with Crippen molar-refractivity contribution in [3.05, 3.63) is 59.2 Å². The Kier molecular flexibility index (Phi) is 3.90. The van der Waals surface area contributed by atoms with Crippen LogP contribution < -0.4 is 10.6 Å². The third kappa shape index (κ3) is 3.07. The van der Waals surface area contributed by atoms with E-state index in [1.807, 2.05) is 19.0 Å². The van der Waals surface area contributed by atoms with Crippen LogP contribution >= 0.6 is 0 Å². The minimum absolute atomic E-state index is 0.368. The molecule has 0 spiro atoms. The summed E-state index contributed by atoms with van der Waals surface area (Å²) in [4.78, 5) is 1.83. The lowest BCUT2D eigenvalue weighted by Crippen LogP contribution is -2.10. The molecule has 2 rings (SSSR count). The number of hydrogen-bond acceptors (Lipinski definition) is 2. The van der Waals surface area contributed by atoms with E-state index in [4.69, 9.17) is 5.73 Å². The molecular weight excluding hydrogens is 258 g/mol. The van der Waals surface area contributed by atoms with Crippen molar-refractivity contribution in [2.24, 2.45) is 0 Å². The molecule has 0 aliphatic heterocycles. The van der Waals surface area contributed by atoms with Gasteiger partial charge in [0.05, 0.1) is 16.8 Å². The lowest BCUT2D eigenvalue weighted by Gasteiger charge is -2.14. The van der Waals surface area contributed by atoms with Crippen LogP contribution in [0.25, 0.3) is 0 Å². The summed E-state index contributed by atoms with van der Waals surface area (Å²) in [5.74, 6) is 4.85. The van der Waals surface area contributed by atoms with Gasteiger partial charge in [-0.3, -0.25) is 0 Å². The van der Waals surface area contributed by atoms with E-state index in [1.165, 1.54) is 30.3 Å². The van der Waals surface area contributed by atoms with Gasteiger partial charge in [-0.1, -0.05) is 11.8 Å². The molecule has 0 heterocycles. The highest BCUT2D eigenvalue weighted by atomic mass is 19.1. The molecule has 102 valence electrons. The van der Waals surface area contributed by atoms with Crippen molar-refractivity contribution >= 4 is 11.4 Å². The first kappa shape index (κ1) is 13.9. The summed E-state index contributed by atoms with van der Waals surface area (Å²) in [5.41, 5.74) is 7.82. The fourth-order valence-electron chi connectivity index (χ4n) is 1.77. The molecule has 0 fully saturated rings. The van der Waals surface area contributed by atoms with E-state index in [2.05, 4.69) is 11.8 Å². The van der Waals surface area contributed by atoms with Crippen LogP contribution in [0.1, 0.15) is 11.1 Å². The second-order valence-electron chi connectivity index (χ2n) is 4.54. The fraction of sp³-hybridized carbons (Fsp3) is 0.125. The SMILES string of the molecule is CN(C)c1ccc(F)cc1C#Cc1cc(F)ccc1N. The molecule has 0 saturated heterocycles. The number of nitrogens with two attached hydrogens (primary N) is 1. The third-order valence-electron chi connectivity index (χ3n) is 2.79. The van der Waals surface area contributed by atoms with E-state index in [-0.39, 0.29) is 5.82 Å². The van der Waals surface area contributed by atoms with Crippen molar-refractivity contribution in [3.63, 3.8) is 0 Å². The number of benzene rings is 2. The molecule has 4 heteroatoms. The van der Waals surface area contributed by atoms with Crippen molar-refractivity contribution in [2.75, 3.05) is 24.7 Å². The van der Waals surface area contributed by atoms with Crippen LogP contribution in [-0.4, -0.2) is 14.1 Å². The predicted octanol–water partition coefficient (Wildman–Crippen LogP) is 3.01. The molecule has 0 radical (unpaired) electrons. The van der Waals surface area contributed by atoms with Gasteiger partial charge in [0, 0.05) is 19.8 Å². The van der Waals surface area contributed by atoms with E-state index in [0.717, 1.165) is 5.69 Å². The highest BCUT2D eigenvalue weighted by molar-refractivity contribution is 5.63. The molecule has 0 amide bonds. The second-order valence-corrected chi connectivity index (χ2v) is 4.54. The Labute approximate surface area is 116 Å². The number of rotatable bonds is 1. The smallest absolute Gasteiger partial charge is 0.124 e. The monoisotopic (exact) mass is 272 g/mol. The molecule has 2 N–H and O–H groups in total. The van der Waals surface area contributed by atoms with E-state index in [1.54, 1.807) is 6.07 Å². The molecule has 0 aliphatic rings. The maximum Gasteiger partial charge on any atom is 0.124 e. The minimum Gasteiger partial charge on any atom is -0.398 e. The fourth-order valence-corrected chi connectivity index (χ4v) is 1.77. The summed E-state index contributed by atoms with van der Waals surface area (Å²) < 4.78 is 26.5. The Morgan fingerprint density at radius 3 is 2.10 bits per heavy atom. The Hall–Kier alpha value is -2.54. The van der Waals surface area contributed by atoms with Crippen LogP contribution in [0.5, 0.6) is 0 Å². The van der Waals surface area contributed by atoms with Gasteiger partial charge < -0.3 is 10.6 Å². The minimum atomic E-state index is -0.407. The third-order valence-corrected chi connectivity index (χ3v) is 2.79. The van der Waals surface area contributed by atoms with Crippen molar-refractivity contribution in [1.29, 1.82) is 0 Å². The van der Waals surface area contributed by atoms with Gasteiger partial charge in [-0.2, -0.15) is 0 Å². The Morgan fingerprint density at radius 2 is 1.45 bits per heavy atom. The quantitative estimate of drug-likeness (QED) is 0.638. The Balaban J connectivity index is 2.47. The Morgan fingerprint density at radius 1 is 0.900 bits per heavy atom. The van der Waals surface area contributed by atoms with Crippen LogP contribution in [0, 0.1) is 23.5 Å². The average molecular weight is 272 g/mol. The van der Waals surface area contributed by atoms with Gasteiger partial charge in [-0.25, -0.2) is 8.78 Å². The number of nitrogen functional groups attached to an aromatic ring is 1. The highest BCUT2D eigenvalue weighted by Gasteiger charge is 2.04. The first-order valence-corrected chi connectivity index (χ1v) is 6.01. The van der Waals surface area contributed by atoms with Crippen LogP contribution in [0.15, 0.2) is 36.4 Å². The maximum absolute atomic E-state index is 13.3. The largest absolute Gasteiger partial charge is 0.398 e. The van der Waals surface area contributed by atoms with Gasteiger partial charge in [0.2, 0.25) is 0 Å². The molecule has 2 nitrogen and oxygen atoms in total. The van der Waals surface area contributed by atoms with E-state index >= 15 is 0 Å². The van der Waals surface area contributed by atoms with Gasteiger partial charge in [0.1, 0.15) is 11.6 Å². The molecule has 0 saturated carbocycles. The van der Waals surface area contributed by atoms with Gasteiger partial charge in [0.15, 0.2) is 0 Å². The standard InChI is InChI=1S/C16H14F2N2/c1-20(2)16-8-6-14(18)10-12(16)4-3-11-9-13(17)5-7-15(11)19/h5-10H,19H2,1-2H3. The number of nitrogens with zero attached hydrogens (tertiary/aromatic N) is 1. The van der Waals surface area contributed by atoms with Gasteiger partial charge in [-0.15, -0.1) is 0 Å². The zero-order chi connectivity index (χ0) is 14.7. The molecule has 0 atom stereocenters. The summed E-state index contributed by atoms with van der Waals surface area (Å²) in [6.45, 7) is 0. The first-order valence-electron chi connectivity index (χ1n) is 6.01. The van der Waals surface area contributed by atoms with E-state index in [0.29, 0.717) is 16.8 Å². The van der Waals surface area contributed by atoms with Crippen LogP contribution in [-0.2, 0) is 0 Å². The van der Waals surface area contributed by atoms with Gasteiger partial charge >= 0.3 is 0 Å². The lowest BCUT2D eigenvalue weighted by atomic mass is 10.1. The van der Waals surface area contributed by atoms with Crippen LogP contribution in [0.4, 0.5) is 20.2 Å². The lowest BCUT2D eigenvalue weighted by molar-refractivity contribution is 0.627. The van der Waals surface area contributed by atoms with E-state index < -0.39 is 5.82 Å². The summed E-state index contributed by atoms with van der Waals surface area (Å²) in [5, 5.41) is 0.